The standard InChI is InChI=1S/C21H22N6O2/c1-13-9-14(2)19(15(3)10-13)25-20-18(27(28)29-4)12-23-21(26-20)24-17-7-5-16(11-22)6-8-17/h5-10,12,28H,1-4H3,(H2,23,24,25,26)/p+1. The summed E-state index contributed by atoms with van der Waals surface area (Å²) in [4.78, 5) is 13.8. The second-order valence-corrected chi connectivity index (χ2v) is 6.68. The topological polar surface area (TPSA) is 108 Å². The number of hydrogen-bond acceptors (Lipinski definition) is 7. The second kappa shape index (κ2) is 8.67. The highest BCUT2D eigenvalue weighted by molar-refractivity contribution is 5.71. The number of aromatic nitrogens is 2. The van der Waals surface area contributed by atoms with Gasteiger partial charge >= 0.3 is 0 Å². The number of aryl methyl sites for hydroxylation is 3. The van der Waals surface area contributed by atoms with Crippen LogP contribution in [0.1, 0.15) is 22.3 Å². The average molecular weight is 391 g/mol. The zero-order chi connectivity index (χ0) is 21.0. The normalized spacial score (nSPS) is 11.6. The first kappa shape index (κ1) is 20.2. The lowest BCUT2D eigenvalue weighted by atomic mass is 10.1. The molecule has 4 N–H and O–H groups in total. The van der Waals surface area contributed by atoms with Crippen molar-refractivity contribution in [3.63, 3.8) is 0 Å². The van der Waals surface area contributed by atoms with Gasteiger partial charge in [-0.3, -0.25) is 0 Å². The first-order valence-corrected chi connectivity index (χ1v) is 9.00. The van der Waals surface area contributed by atoms with Gasteiger partial charge in [0.05, 0.1) is 11.6 Å². The van der Waals surface area contributed by atoms with Crippen LogP contribution in [-0.2, 0) is 4.84 Å². The molecule has 3 aromatic rings. The Bertz CT molecular complexity index is 1040. The van der Waals surface area contributed by atoms with Gasteiger partial charge in [-0.2, -0.15) is 20.3 Å². The molecule has 148 valence electrons. The number of quaternary nitrogens is 1. The van der Waals surface area contributed by atoms with Gasteiger partial charge in [-0.15, -0.1) is 0 Å². The number of nitrogens with zero attached hydrogens (tertiary/aromatic N) is 3. The third kappa shape index (κ3) is 4.67. The van der Waals surface area contributed by atoms with Crippen molar-refractivity contribution in [2.75, 3.05) is 17.7 Å². The Morgan fingerprint density at radius 2 is 1.72 bits per heavy atom. The van der Waals surface area contributed by atoms with Crippen LogP contribution in [0.15, 0.2) is 42.6 Å². The largest absolute Gasteiger partial charge is 0.334 e. The van der Waals surface area contributed by atoms with E-state index in [-0.39, 0.29) is 5.23 Å². The summed E-state index contributed by atoms with van der Waals surface area (Å²) in [5.74, 6) is 0.748. The lowest BCUT2D eigenvalue weighted by molar-refractivity contribution is -1.19. The van der Waals surface area contributed by atoms with Crippen LogP contribution >= 0.6 is 0 Å². The molecule has 2 aromatic carbocycles. The van der Waals surface area contributed by atoms with E-state index >= 15 is 0 Å². The van der Waals surface area contributed by atoms with E-state index < -0.39 is 0 Å². The van der Waals surface area contributed by atoms with Crippen molar-refractivity contribution in [3.8, 4) is 6.07 Å². The molecular weight excluding hydrogens is 368 g/mol. The van der Waals surface area contributed by atoms with Gasteiger partial charge in [0.1, 0.15) is 13.3 Å². The molecule has 0 aliphatic rings. The van der Waals surface area contributed by atoms with Crippen LogP contribution in [0.2, 0.25) is 0 Å². The summed E-state index contributed by atoms with van der Waals surface area (Å²) in [7, 11) is 1.38. The molecule has 1 atom stereocenters. The Kier molecular flexibility index (Phi) is 6.04. The minimum absolute atomic E-state index is 0.278. The summed E-state index contributed by atoms with van der Waals surface area (Å²) < 4.78 is 0. The Balaban J connectivity index is 1.97. The summed E-state index contributed by atoms with van der Waals surface area (Å²) in [6, 6.07) is 13.2. The quantitative estimate of drug-likeness (QED) is 0.478. The molecule has 0 radical (unpaired) electrons. The van der Waals surface area contributed by atoms with E-state index in [1.165, 1.54) is 18.9 Å². The van der Waals surface area contributed by atoms with Gasteiger partial charge in [0.25, 0.3) is 5.69 Å². The molecule has 0 aliphatic heterocycles. The van der Waals surface area contributed by atoms with Crippen LogP contribution < -0.4 is 15.9 Å². The summed E-state index contributed by atoms with van der Waals surface area (Å²) in [5.41, 5.74) is 5.85. The molecule has 0 saturated carbocycles. The molecule has 8 nitrogen and oxygen atoms in total. The number of nitriles is 1. The Hall–Kier alpha value is -3.51. The molecule has 0 spiro atoms. The van der Waals surface area contributed by atoms with Gasteiger partial charge in [-0.1, -0.05) is 17.7 Å². The maximum atomic E-state index is 10.1. The van der Waals surface area contributed by atoms with Crippen LogP contribution in [0.3, 0.4) is 0 Å². The fourth-order valence-corrected chi connectivity index (χ4v) is 3.06. The molecule has 0 saturated heterocycles. The molecule has 0 amide bonds. The number of hydrogen-bond donors (Lipinski definition) is 4. The van der Waals surface area contributed by atoms with Crippen LogP contribution in [0.25, 0.3) is 0 Å². The molecule has 1 aromatic heterocycles. The molecule has 3 rings (SSSR count). The molecule has 8 heteroatoms. The van der Waals surface area contributed by atoms with Crippen molar-refractivity contribution in [3.05, 3.63) is 64.8 Å². The van der Waals surface area contributed by atoms with Gasteiger partial charge in [-0.25, -0.2) is 4.98 Å². The molecular formula is C21H23N6O2+. The van der Waals surface area contributed by atoms with Crippen molar-refractivity contribution in [2.45, 2.75) is 20.8 Å². The molecule has 0 bridgehead atoms. The maximum Gasteiger partial charge on any atom is 0.258 e. The lowest BCUT2D eigenvalue weighted by Crippen LogP contribution is -3.03. The number of nitrogens with one attached hydrogen (secondary N) is 3. The first-order valence-electron chi connectivity index (χ1n) is 9.00. The maximum absolute atomic E-state index is 10.1. The fourth-order valence-electron chi connectivity index (χ4n) is 3.06. The summed E-state index contributed by atoms with van der Waals surface area (Å²) >= 11 is 0. The Morgan fingerprint density at radius 1 is 1.07 bits per heavy atom. The van der Waals surface area contributed by atoms with Crippen LogP contribution in [0.4, 0.5) is 28.8 Å². The summed E-state index contributed by atoms with van der Waals surface area (Å²) in [6.45, 7) is 6.07. The third-order valence-electron chi connectivity index (χ3n) is 4.40. The van der Waals surface area contributed by atoms with E-state index in [2.05, 4.69) is 38.8 Å². The highest BCUT2D eigenvalue weighted by Gasteiger charge is 2.20. The molecule has 1 unspecified atom stereocenters. The van der Waals surface area contributed by atoms with Gasteiger partial charge < -0.3 is 10.6 Å². The molecule has 0 fully saturated rings. The van der Waals surface area contributed by atoms with Gasteiger partial charge in [-0.05, 0) is 61.4 Å². The minimum atomic E-state index is -0.278. The highest BCUT2D eigenvalue weighted by atomic mass is 16.9. The summed E-state index contributed by atoms with van der Waals surface area (Å²) in [6.07, 6.45) is 1.49. The minimum Gasteiger partial charge on any atom is -0.334 e. The van der Waals surface area contributed by atoms with Crippen molar-refractivity contribution in [1.82, 2.24) is 9.97 Å². The zero-order valence-corrected chi connectivity index (χ0v) is 16.7. The van der Waals surface area contributed by atoms with Crippen LogP contribution in [-0.4, -0.2) is 22.3 Å². The van der Waals surface area contributed by atoms with E-state index in [0.717, 1.165) is 22.5 Å². The Morgan fingerprint density at radius 3 is 2.31 bits per heavy atom. The molecule has 0 aliphatic carbocycles. The third-order valence-corrected chi connectivity index (χ3v) is 4.40. The van der Waals surface area contributed by atoms with E-state index in [4.69, 9.17) is 10.1 Å². The highest BCUT2D eigenvalue weighted by Crippen LogP contribution is 2.28. The van der Waals surface area contributed by atoms with Crippen molar-refractivity contribution < 1.29 is 15.3 Å². The van der Waals surface area contributed by atoms with Gasteiger partial charge in [0.15, 0.2) is 0 Å². The second-order valence-electron chi connectivity index (χ2n) is 6.68. The van der Waals surface area contributed by atoms with E-state index in [0.29, 0.717) is 23.0 Å². The van der Waals surface area contributed by atoms with E-state index in [1.807, 2.05) is 20.8 Å². The molecule has 1 heterocycles. The molecule has 29 heavy (non-hydrogen) atoms. The van der Waals surface area contributed by atoms with Crippen molar-refractivity contribution in [1.29, 1.82) is 5.26 Å². The van der Waals surface area contributed by atoms with Crippen molar-refractivity contribution >= 4 is 28.8 Å². The predicted molar refractivity (Wildman–Crippen MR) is 110 cm³/mol. The average Bonchev–Trinajstić information content (AvgIpc) is 2.71. The monoisotopic (exact) mass is 391 g/mol. The van der Waals surface area contributed by atoms with Crippen LogP contribution in [0, 0.1) is 32.1 Å². The number of rotatable bonds is 6. The van der Waals surface area contributed by atoms with E-state index in [1.54, 1.807) is 24.3 Å². The lowest BCUT2D eigenvalue weighted by Gasteiger charge is -2.16. The first-order chi connectivity index (χ1) is 13.9. The zero-order valence-electron chi connectivity index (χ0n) is 16.7. The Labute approximate surface area is 169 Å². The van der Waals surface area contributed by atoms with Crippen molar-refractivity contribution in [2.24, 2.45) is 0 Å². The SMILES string of the molecule is CO[NH+](O)c1cnc(Nc2ccc(C#N)cc2)nc1Nc1c(C)cc(C)cc1C. The number of benzene rings is 2. The van der Waals surface area contributed by atoms with Gasteiger partial charge in [0, 0.05) is 11.4 Å². The number of anilines is 4. The van der Waals surface area contributed by atoms with Crippen LogP contribution in [0.5, 0.6) is 0 Å². The smallest absolute Gasteiger partial charge is 0.258 e. The van der Waals surface area contributed by atoms with E-state index in [9.17, 15) is 5.21 Å². The van der Waals surface area contributed by atoms with Gasteiger partial charge in [0.2, 0.25) is 11.8 Å². The fraction of sp³-hybridized carbons (Fsp3) is 0.190. The predicted octanol–water partition coefficient (Wildman–Crippen LogP) is 3.23. The summed E-state index contributed by atoms with van der Waals surface area (Å²) in [5, 5.41) is 25.2.